The number of carboxylic acid groups (broad SMARTS) is 1. The molecule has 1 aliphatic carbocycles. The number of ketones is 1. The van der Waals surface area contributed by atoms with E-state index in [1.807, 2.05) is 0 Å². The van der Waals surface area contributed by atoms with Crippen molar-refractivity contribution in [3.8, 4) is 0 Å². The van der Waals surface area contributed by atoms with E-state index in [4.69, 9.17) is 24.1 Å². The topological polar surface area (TPSA) is 314 Å². The first-order valence-electron chi connectivity index (χ1n) is 11.8. The molecule has 3 aliphatic rings. The molecular weight excluding hydrogens is 540 g/mol. The van der Waals surface area contributed by atoms with Gasteiger partial charge in [0.1, 0.15) is 67.1 Å². The zero-order valence-electron chi connectivity index (χ0n) is 20.4. The third-order valence-corrected chi connectivity index (χ3v) is 7.45. The maximum Gasteiger partial charge on any atom is 0.320 e. The molecule has 18 nitrogen and oxygen atoms in total. The summed E-state index contributed by atoms with van der Waals surface area (Å²) in [4.78, 5) is 23.2. The minimum atomic E-state index is -2.90. The average molecular weight is 574 g/mol. The summed E-state index contributed by atoms with van der Waals surface area (Å²) in [6.07, 6.45) is -23.9. The highest BCUT2D eigenvalue weighted by Gasteiger charge is 2.83. The molecule has 12 N–H and O–H groups in total. The number of hydrogen-bond acceptors (Lipinski definition) is 17. The maximum absolute atomic E-state index is 11.9. The number of carboxylic acids is 1. The number of Topliss-reactive ketones (excluding diaryl/α,β-unsaturated/α-hetero) is 1. The van der Waals surface area contributed by atoms with Gasteiger partial charge in [0.15, 0.2) is 29.4 Å². The number of aliphatic hydroxyl groups excluding tert-OH is 10. The molecule has 2 aliphatic heterocycles. The van der Waals surface area contributed by atoms with Gasteiger partial charge < -0.3 is 80.2 Å². The highest BCUT2D eigenvalue weighted by atomic mass is 16.7. The average Bonchev–Trinajstić information content (AvgIpc) is 3.37. The second-order valence-corrected chi connectivity index (χ2v) is 9.91. The molecule has 39 heavy (non-hydrogen) atoms. The Morgan fingerprint density at radius 3 is 1.85 bits per heavy atom. The molecule has 1 saturated carbocycles. The maximum atomic E-state index is 11.9. The third-order valence-electron chi connectivity index (χ3n) is 7.45. The van der Waals surface area contributed by atoms with Gasteiger partial charge >= 0.3 is 5.97 Å². The van der Waals surface area contributed by atoms with E-state index in [1.54, 1.807) is 0 Å². The lowest BCUT2D eigenvalue weighted by atomic mass is 9.94. The summed E-state index contributed by atoms with van der Waals surface area (Å²) in [6.45, 7) is -1.54. The van der Waals surface area contributed by atoms with Crippen molar-refractivity contribution in [1.29, 1.82) is 0 Å². The predicted octanol–water partition coefficient (Wildman–Crippen LogP) is -7.89. The lowest BCUT2D eigenvalue weighted by Crippen LogP contribution is -2.62. The van der Waals surface area contributed by atoms with Crippen molar-refractivity contribution in [2.45, 2.75) is 92.2 Å². The first kappa shape index (κ1) is 32.1. The summed E-state index contributed by atoms with van der Waals surface area (Å²) in [7, 11) is 0. The molecule has 1 unspecified atom stereocenters. The van der Waals surface area contributed by atoms with Crippen LogP contribution in [0.5, 0.6) is 0 Å². The van der Waals surface area contributed by atoms with Gasteiger partial charge in [-0.3, -0.25) is 9.59 Å². The van der Waals surface area contributed by atoms with Crippen LogP contribution in [0.15, 0.2) is 0 Å². The van der Waals surface area contributed by atoms with Crippen LogP contribution in [0.3, 0.4) is 0 Å². The minimum absolute atomic E-state index is 0.666. The summed E-state index contributed by atoms with van der Waals surface area (Å²) in [5.74, 6) is -3.07. The second kappa shape index (κ2) is 11.8. The minimum Gasteiger partial charge on any atom is -0.480 e. The highest BCUT2D eigenvalue weighted by Crippen LogP contribution is 2.54. The number of hydrogen-bond donors (Lipinski definition) is 12. The standard InChI is InChI=1S/C21H34O18/c1-20(19(33)34)18(32)21(20,35)15(31)8(24)5(23)3-36-16-14(30)12(28)10(26)7(39-16)4-37-17-13(29)11(27)9(25)6(2-22)38-17/h5-17,22-31,35H,2-4H2,1H3,(H,33,34)/t5-,6-,7-,8-,9-,10-,11+,12+,13-,14-,15+,16+,17+,20?,21-/m1/s1. The van der Waals surface area contributed by atoms with Crippen molar-refractivity contribution in [1.82, 2.24) is 0 Å². The van der Waals surface area contributed by atoms with Crippen molar-refractivity contribution in [3.63, 3.8) is 0 Å². The SMILES string of the molecule is CC1(C(=O)O)C(=O)[C@]1(O)[C@@H](O)[C@H](O)[C@H](O)CO[C@H]1O[C@H](CO[C@H]2O[C@H](CO)[C@@H](O)[C@H](O)[C@H]2O)[C@@H](O)[C@H](O)[C@H]1O. The van der Waals surface area contributed by atoms with Crippen molar-refractivity contribution in [2.24, 2.45) is 5.41 Å². The van der Waals surface area contributed by atoms with E-state index < -0.39 is 122 Å². The van der Waals surface area contributed by atoms with Gasteiger partial charge in [-0.1, -0.05) is 0 Å². The number of ether oxygens (including phenoxy) is 4. The number of aliphatic hydroxyl groups is 11. The van der Waals surface area contributed by atoms with Crippen molar-refractivity contribution < 1.29 is 89.8 Å². The molecule has 18 heteroatoms. The second-order valence-electron chi connectivity index (χ2n) is 9.91. The monoisotopic (exact) mass is 574 g/mol. The van der Waals surface area contributed by atoms with Crippen LogP contribution in [0.4, 0.5) is 0 Å². The lowest BCUT2D eigenvalue weighted by molar-refractivity contribution is -0.333. The molecular formula is C21H34O18. The Bertz CT molecular complexity index is 887. The molecule has 3 fully saturated rings. The number of rotatable bonds is 11. The molecule has 0 spiro atoms. The molecule has 0 aromatic heterocycles. The van der Waals surface area contributed by atoms with Crippen LogP contribution in [-0.2, 0) is 28.5 Å². The smallest absolute Gasteiger partial charge is 0.320 e. The molecule has 3 rings (SSSR count). The van der Waals surface area contributed by atoms with Crippen LogP contribution >= 0.6 is 0 Å². The molecule has 226 valence electrons. The van der Waals surface area contributed by atoms with Gasteiger partial charge in [0.2, 0.25) is 0 Å². The summed E-state index contributed by atoms with van der Waals surface area (Å²) in [5, 5.41) is 119. The number of aliphatic carboxylic acids is 1. The Labute approximate surface area is 219 Å². The summed E-state index contributed by atoms with van der Waals surface area (Å²) in [6, 6.07) is 0. The Morgan fingerprint density at radius 2 is 1.36 bits per heavy atom. The molecule has 0 aromatic rings. The van der Waals surface area contributed by atoms with E-state index in [2.05, 4.69) is 0 Å². The van der Waals surface area contributed by atoms with Crippen molar-refractivity contribution >= 4 is 11.8 Å². The van der Waals surface area contributed by atoms with Gasteiger partial charge in [0, 0.05) is 0 Å². The first-order valence-corrected chi connectivity index (χ1v) is 11.8. The zero-order valence-corrected chi connectivity index (χ0v) is 20.4. The van der Waals surface area contributed by atoms with Gasteiger partial charge in [-0.2, -0.15) is 0 Å². The van der Waals surface area contributed by atoms with Crippen molar-refractivity contribution in [3.05, 3.63) is 0 Å². The quantitative estimate of drug-likeness (QED) is 0.102. The van der Waals surface area contributed by atoms with Gasteiger partial charge in [-0.25, -0.2) is 0 Å². The van der Waals surface area contributed by atoms with E-state index in [-0.39, 0.29) is 0 Å². The number of carbonyl (C=O) groups excluding carboxylic acids is 1. The molecule has 2 heterocycles. The van der Waals surface area contributed by atoms with Crippen LogP contribution in [-0.4, -0.2) is 178 Å². The largest absolute Gasteiger partial charge is 0.480 e. The Hall–Kier alpha value is -1.46. The van der Waals surface area contributed by atoms with Crippen LogP contribution in [0.2, 0.25) is 0 Å². The fourth-order valence-electron chi connectivity index (χ4n) is 4.53. The molecule has 0 aromatic carbocycles. The molecule has 15 atom stereocenters. The Balaban J connectivity index is 1.58. The van der Waals surface area contributed by atoms with E-state index in [9.17, 15) is 65.8 Å². The van der Waals surface area contributed by atoms with Gasteiger partial charge in [-0.05, 0) is 6.92 Å². The highest BCUT2D eigenvalue weighted by molar-refractivity contribution is 6.24. The fourth-order valence-corrected chi connectivity index (χ4v) is 4.53. The third kappa shape index (κ3) is 5.44. The van der Waals surface area contributed by atoms with Gasteiger partial charge in [-0.15, -0.1) is 0 Å². The normalized spacial score (nSPS) is 46.9. The molecule has 0 radical (unpaired) electrons. The van der Waals surface area contributed by atoms with E-state index in [0.29, 0.717) is 0 Å². The summed E-state index contributed by atoms with van der Waals surface area (Å²) in [5.41, 5.74) is -5.32. The van der Waals surface area contributed by atoms with Crippen LogP contribution < -0.4 is 0 Å². The molecule has 2 saturated heterocycles. The predicted molar refractivity (Wildman–Crippen MR) is 116 cm³/mol. The van der Waals surface area contributed by atoms with E-state index in [0.717, 1.165) is 6.92 Å². The van der Waals surface area contributed by atoms with Crippen LogP contribution in [0.25, 0.3) is 0 Å². The lowest BCUT2D eigenvalue weighted by Gasteiger charge is -2.42. The zero-order chi connectivity index (χ0) is 29.6. The first-order chi connectivity index (χ1) is 18.0. The summed E-state index contributed by atoms with van der Waals surface area (Å²) >= 11 is 0. The van der Waals surface area contributed by atoms with Crippen molar-refractivity contribution in [2.75, 3.05) is 19.8 Å². The van der Waals surface area contributed by atoms with Gasteiger partial charge in [0.25, 0.3) is 0 Å². The van der Waals surface area contributed by atoms with Crippen LogP contribution in [0.1, 0.15) is 6.92 Å². The summed E-state index contributed by atoms with van der Waals surface area (Å²) < 4.78 is 20.9. The van der Waals surface area contributed by atoms with E-state index >= 15 is 0 Å². The van der Waals surface area contributed by atoms with Gasteiger partial charge in [0.05, 0.1) is 19.8 Å². The Kier molecular flexibility index (Phi) is 9.70. The molecule has 0 amide bonds. The number of carbonyl (C=O) groups is 2. The Morgan fingerprint density at radius 1 is 0.872 bits per heavy atom. The fraction of sp³-hybridized carbons (Fsp3) is 0.905. The van der Waals surface area contributed by atoms with E-state index in [1.165, 1.54) is 0 Å². The molecule has 0 bridgehead atoms. The van der Waals surface area contributed by atoms with Crippen LogP contribution in [0, 0.1) is 5.41 Å².